The van der Waals surface area contributed by atoms with Gasteiger partial charge in [-0.3, -0.25) is 4.79 Å². The van der Waals surface area contributed by atoms with Crippen molar-refractivity contribution in [3.8, 4) is 5.75 Å². The summed E-state index contributed by atoms with van der Waals surface area (Å²) in [6.07, 6.45) is -4.04. The zero-order chi connectivity index (χ0) is 19.3. The number of halogens is 5. The van der Waals surface area contributed by atoms with Gasteiger partial charge in [0.25, 0.3) is 0 Å². The molecule has 8 heteroatoms. The monoisotopic (exact) mass is 449 g/mol. The number of hydrogen-bond donors (Lipinski definition) is 1. The van der Waals surface area contributed by atoms with Crippen molar-refractivity contribution in [1.82, 2.24) is 0 Å². The molecule has 0 aliphatic heterocycles. The maximum absolute atomic E-state index is 12.8. The standard InChI is InChI=1S/C18H16BrClF3NO2/c1-11-4-7-16(14(19)9-11)26-8-2-3-17(25)24-12-5-6-15(20)13(10-12)18(21,22)23/h4-7,9-10H,2-3,8H2,1H3,(H,24,25). The van der Waals surface area contributed by atoms with Crippen molar-refractivity contribution in [2.45, 2.75) is 25.9 Å². The molecule has 1 amide bonds. The molecule has 0 unspecified atom stereocenters. The summed E-state index contributed by atoms with van der Waals surface area (Å²) < 4.78 is 44.8. The van der Waals surface area contributed by atoms with E-state index in [1.165, 1.54) is 6.07 Å². The number of carbonyl (C=O) groups excluding carboxylic acids is 1. The molecule has 0 spiro atoms. The molecule has 0 aromatic heterocycles. The van der Waals surface area contributed by atoms with Crippen LogP contribution in [0.4, 0.5) is 18.9 Å². The van der Waals surface area contributed by atoms with E-state index < -0.39 is 22.7 Å². The average molecular weight is 451 g/mol. The number of rotatable bonds is 6. The number of amides is 1. The van der Waals surface area contributed by atoms with Crippen LogP contribution in [0.2, 0.25) is 5.02 Å². The van der Waals surface area contributed by atoms with E-state index in [2.05, 4.69) is 21.2 Å². The molecular weight excluding hydrogens is 435 g/mol. The van der Waals surface area contributed by atoms with Crippen LogP contribution in [0.15, 0.2) is 40.9 Å². The highest BCUT2D eigenvalue weighted by Crippen LogP contribution is 2.36. The summed E-state index contributed by atoms with van der Waals surface area (Å²) in [4.78, 5) is 11.9. The first-order valence-electron chi connectivity index (χ1n) is 7.72. The highest BCUT2D eigenvalue weighted by atomic mass is 79.9. The lowest BCUT2D eigenvalue weighted by Crippen LogP contribution is -2.14. The Bertz CT molecular complexity index is 796. The highest BCUT2D eigenvalue weighted by molar-refractivity contribution is 9.10. The molecule has 3 nitrogen and oxygen atoms in total. The smallest absolute Gasteiger partial charge is 0.417 e. The van der Waals surface area contributed by atoms with Gasteiger partial charge in [-0.1, -0.05) is 17.7 Å². The lowest BCUT2D eigenvalue weighted by Gasteiger charge is -2.12. The molecule has 2 rings (SSSR count). The van der Waals surface area contributed by atoms with Gasteiger partial charge in [0.15, 0.2) is 0 Å². The lowest BCUT2D eigenvalue weighted by atomic mass is 10.2. The second kappa shape index (κ2) is 8.77. The summed E-state index contributed by atoms with van der Waals surface area (Å²) in [6, 6.07) is 8.91. The van der Waals surface area contributed by atoms with Gasteiger partial charge >= 0.3 is 6.18 Å². The molecule has 0 saturated carbocycles. The van der Waals surface area contributed by atoms with Crippen molar-refractivity contribution < 1.29 is 22.7 Å². The molecular formula is C18H16BrClF3NO2. The number of nitrogens with one attached hydrogen (secondary N) is 1. The fraction of sp³-hybridized carbons (Fsp3) is 0.278. The van der Waals surface area contributed by atoms with Crippen LogP contribution >= 0.6 is 27.5 Å². The minimum Gasteiger partial charge on any atom is -0.492 e. The first-order valence-corrected chi connectivity index (χ1v) is 8.89. The van der Waals surface area contributed by atoms with Gasteiger partial charge in [0.05, 0.1) is 21.7 Å². The Hall–Kier alpha value is -1.73. The van der Waals surface area contributed by atoms with Crippen LogP contribution in [0.1, 0.15) is 24.0 Å². The Morgan fingerprint density at radius 1 is 1.23 bits per heavy atom. The van der Waals surface area contributed by atoms with Crippen LogP contribution in [0.5, 0.6) is 5.75 Å². The van der Waals surface area contributed by atoms with Gasteiger partial charge in [-0.2, -0.15) is 13.2 Å². The molecule has 0 saturated heterocycles. The Kier molecular flexibility index (Phi) is 6.94. The van der Waals surface area contributed by atoms with Gasteiger partial charge < -0.3 is 10.1 Å². The molecule has 0 bridgehead atoms. The Balaban J connectivity index is 1.84. The number of aryl methyl sites for hydroxylation is 1. The summed E-state index contributed by atoms with van der Waals surface area (Å²) in [5, 5.41) is 2.03. The minimum absolute atomic E-state index is 0.0499. The predicted molar refractivity (Wildman–Crippen MR) is 98.7 cm³/mol. The van der Waals surface area contributed by atoms with Gasteiger partial charge in [0.1, 0.15) is 5.75 Å². The molecule has 1 N–H and O–H groups in total. The third kappa shape index (κ3) is 5.92. The van der Waals surface area contributed by atoms with Crippen LogP contribution in [-0.2, 0) is 11.0 Å². The lowest BCUT2D eigenvalue weighted by molar-refractivity contribution is -0.137. The third-order valence-corrected chi connectivity index (χ3v) is 4.40. The zero-order valence-corrected chi connectivity index (χ0v) is 16.1. The van der Waals surface area contributed by atoms with Crippen molar-refractivity contribution >= 4 is 39.1 Å². The summed E-state index contributed by atoms with van der Waals surface area (Å²) in [6.45, 7) is 2.27. The van der Waals surface area contributed by atoms with Gasteiger partial charge in [-0.15, -0.1) is 0 Å². The Morgan fingerprint density at radius 2 is 1.96 bits per heavy atom. The van der Waals surface area contributed by atoms with Crippen LogP contribution in [0.25, 0.3) is 0 Å². The topological polar surface area (TPSA) is 38.3 Å². The van der Waals surface area contributed by atoms with E-state index in [4.69, 9.17) is 16.3 Å². The van der Waals surface area contributed by atoms with Crippen molar-refractivity contribution in [3.63, 3.8) is 0 Å². The van der Waals surface area contributed by atoms with Crippen molar-refractivity contribution in [3.05, 3.63) is 57.0 Å². The zero-order valence-electron chi connectivity index (χ0n) is 13.8. The Labute approximate surface area is 162 Å². The third-order valence-electron chi connectivity index (χ3n) is 3.45. The quantitative estimate of drug-likeness (QED) is 0.530. The van der Waals surface area contributed by atoms with Gasteiger partial charge in [-0.25, -0.2) is 0 Å². The van der Waals surface area contributed by atoms with Gasteiger partial charge in [0.2, 0.25) is 5.91 Å². The number of hydrogen-bond acceptors (Lipinski definition) is 2. The number of carbonyl (C=O) groups is 1. The van der Waals surface area contributed by atoms with Crippen molar-refractivity contribution in [2.75, 3.05) is 11.9 Å². The Morgan fingerprint density at radius 3 is 2.62 bits per heavy atom. The maximum Gasteiger partial charge on any atom is 0.417 e. The molecule has 140 valence electrons. The number of ether oxygens (including phenoxy) is 1. The van der Waals surface area contributed by atoms with E-state index in [-0.39, 0.29) is 12.1 Å². The maximum atomic E-state index is 12.8. The molecule has 26 heavy (non-hydrogen) atoms. The summed E-state index contributed by atoms with van der Waals surface area (Å²) in [5.74, 6) is 0.274. The van der Waals surface area contributed by atoms with E-state index in [1.807, 2.05) is 25.1 Å². The highest BCUT2D eigenvalue weighted by Gasteiger charge is 2.33. The van der Waals surface area contributed by atoms with Crippen LogP contribution < -0.4 is 10.1 Å². The van der Waals surface area contributed by atoms with E-state index in [0.29, 0.717) is 18.8 Å². The molecule has 0 atom stereocenters. The summed E-state index contributed by atoms with van der Waals surface area (Å²) >= 11 is 8.94. The first kappa shape index (κ1) is 20.6. The average Bonchev–Trinajstić information content (AvgIpc) is 2.54. The SMILES string of the molecule is Cc1ccc(OCCCC(=O)Nc2ccc(Cl)c(C(F)(F)F)c2)c(Br)c1. The fourth-order valence-corrected chi connectivity index (χ4v) is 3.01. The molecule has 0 aliphatic carbocycles. The number of anilines is 1. The largest absolute Gasteiger partial charge is 0.492 e. The van der Waals surface area contributed by atoms with Crippen molar-refractivity contribution in [1.29, 1.82) is 0 Å². The second-order valence-electron chi connectivity index (χ2n) is 5.63. The van der Waals surface area contributed by atoms with E-state index in [9.17, 15) is 18.0 Å². The number of alkyl halides is 3. The fourth-order valence-electron chi connectivity index (χ4n) is 2.18. The summed E-state index contributed by atoms with van der Waals surface area (Å²) in [5.41, 5.74) is 0.156. The van der Waals surface area contributed by atoms with E-state index in [0.717, 1.165) is 22.2 Å². The van der Waals surface area contributed by atoms with Crippen molar-refractivity contribution in [2.24, 2.45) is 0 Å². The molecule has 0 radical (unpaired) electrons. The normalized spacial score (nSPS) is 11.3. The van der Waals surface area contributed by atoms with Crippen LogP contribution in [0.3, 0.4) is 0 Å². The van der Waals surface area contributed by atoms with E-state index >= 15 is 0 Å². The number of benzene rings is 2. The predicted octanol–water partition coefficient (Wildman–Crippen LogP) is 6.23. The molecule has 0 aliphatic rings. The molecule has 0 fully saturated rings. The minimum atomic E-state index is -4.58. The second-order valence-corrected chi connectivity index (χ2v) is 6.89. The van der Waals surface area contributed by atoms with Gasteiger partial charge in [0, 0.05) is 12.1 Å². The molecule has 2 aromatic rings. The summed E-state index contributed by atoms with van der Waals surface area (Å²) in [7, 11) is 0. The van der Waals surface area contributed by atoms with Crippen LogP contribution in [-0.4, -0.2) is 12.5 Å². The molecule has 2 aromatic carbocycles. The molecule has 0 heterocycles. The van der Waals surface area contributed by atoms with E-state index in [1.54, 1.807) is 0 Å². The van der Waals surface area contributed by atoms with Gasteiger partial charge in [-0.05, 0) is 65.2 Å². The first-order chi connectivity index (χ1) is 12.2. The van der Waals surface area contributed by atoms with Crippen LogP contribution in [0, 0.1) is 6.92 Å².